The zero-order valence-electron chi connectivity index (χ0n) is 4.42. The first-order valence-corrected chi connectivity index (χ1v) is 5.74. The van der Waals surface area contributed by atoms with E-state index in [1.807, 2.05) is 6.66 Å². The first-order chi connectivity index (χ1) is 2.56. The van der Waals surface area contributed by atoms with Crippen LogP contribution in [0, 0.1) is 0 Å². The molecule has 0 bridgehead atoms. The molecule has 1 atom stereocenters. The Morgan fingerprint density at radius 2 is 1.86 bits per heavy atom. The summed E-state index contributed by atoms with van der Waals surface area (Å²) in [6, 6.07) is 0. The number of hydrogen-bond acceptors (Lipinski definition) is 2. The van der Waals surface area contributed by atoms with Crippen molar-refractivity contribution in [2.24, 2.45) is 0 Å². The fourth-order valence-corrected chi connectivity index (χ4v) is 0. The smallest absolute Gasteiger partial charge is 0.113 e. The summed E-state index contributed by atoms with van der Waals surface area (Å²) in [6.07, 6.45) is 0. The van der Waals surface area contributed by atoms with Crippen molar-refractivity contribution in [3.05, 3.63) is 0 Å². The van der Waals surface area contributed by atoms with Gasteiger partial charge in [0.25, 0.3) is 0 Å². The minimum atomic E-state index is -1.62. The van der Waals surface area contributed by atoms with Crippen LogP contribution in [-0.4, -0.2) is 13.8 Å². The van der Waals surface area contributed by atoms with Crippen molar-refractivity contribution in [2.45, 2.75) is 0 Å². The van der Waals surface area contributed by atoms with Gasteiger partial charge in [0.2, 0.25) is 0 Å². The molecule has 0 rings (SSSR count). The Hall–Kier alpha value is 1.58. The first-order valence-electron chi connectivity index (χ1n) is 1.42. The van der Waals surface area contributed by atoms with E-state index in [1.165, 1.54) is 0 Å². The second-order valence-electron chi connectivity index (χ2n) is 0.986. The van der Waals surface area contributed by atoms with Crippen LogP contribution >= 0.6 is 17.7 Å². The fourth-order valence-electron chi connectivity index (χ4n) is 0. The molecule has 40 valence electrons. The van der Waals surface area contributed by atoms with Gasteiger partial charge < -0.3 is 4.52 Å². The van der Waals surface area contributed by atoms with Gasteiger partial charge in [-0.15, -0.1) is 12.2 Å². The van der Waals surface area contributed by atoms with Gasteiger partial charge in [-0.1, -0.05) is 11.8 Å². The summed E-state index contributed by atoms with van der Waals surface area (Å²) < 4.78 is 4.73. The van der Waals surface area contributed by atoms with Gasteiger partial charge in [-0.3, -0.25) is 0 Å². The Morgan fingerprint density at radius 3 is 1.86 bits per heavy atom. The van der Waals surface area contributed by atoms with Crippen molar-refractivity contribution in [2.75, 3.05) is 13.8 Å². The Balaban J connectivity index is 0. The van der Waals surface area contributed by atoms with Gasteiger partial charge in [0.05, 0.1) is 0 Å². The third kappa shape index (κ3) is 11.3. The number of hydrogen-bond donors (Lipinski definition) is 1. The normalized spacial score (nSPS) is 17.0. The van der Waals surface area contributed by atoms with Crippen molar-refractivity contribution < 1.29 is 24.0 Å². The van der Waals surface area contributed by atoms with Gasteiger partial charge in [-0.05, 0) is 6.66 Å². The van der Waals surface area contributed by atoms with Crippen molar-refractivity contribution in [1.29, 1.82) is 0 Å². The summed E-state index contributed by atoms with van der Waals surface area (Å²) in [7, 11) is 1.58. The van der Waals surface area contributed by atoms with E-state index in [2.05, 4.69) is 12.2 Å². The zero-order chi connectivity index (χ0) is 5.21. The fraction of sp³-hybridized carbons (Fsp3) is 1.00. The predicted molar refractivity (Wildman–Crippen MR) is 36.2 cm³/mol. The molecular weight excluding hydrogens is 201 g/mol. The summed E-state index contributed by atoms with van der Waals surface area (Å²) >= 11 is 8.70. The molecule has 0 aliphatic carbocycles. The predicted octanol–water partition coefficient (Wildman–Crippen LogP) is 1.50. The van der Waals surface area contributed by atoms with E-state index in [0.29, 0.717) is 0 Å². The van der Waals surface area contributed by atoms with E-state index < -0.39 is 5.47 Å². The topological polar surface area (TPSA) is 9.23 Å². The Labute approximate surface area is 67.2 Å². The maximum atomic E-state index is 4.74. The molecule has 0 aliphatic rings. The molecule has 0 aromatic rings. The molecule has 1 nitrogen and oxygen atoms in total. The average Bonchev–Trinajstić information content (AvgIpc) is 1.35. The minimum Gasteiger partial charge on any atom is -0.345 e. The van der Waals surface area contributed by atoms with Crippen LogP contribution < -0.4 is 0 Å². The van der Waals surface area contributed by atoms with Crippen molar-refractivity contribution in [1.82, 2.24) is 0 Å². The Bertz CT molecular complexity index is 79.8. The molecule has 0 aromatic carbocycles. The molecular formula is C2H7OPS2Zn. The van der Waals surface area contributed by atoms with Gasteiger partial charge in [0, 0.05) is 26.6 Å². The van der Waals surface area contributed by atoms with Crippen LogP contribution in [0.15, 0.2) is 0 Å². The summed E-state index contributed by atoms with van der Waals surface area (Å²) in [4.78, 5) is 0. The third-order valence-electron chi connectivity index (χ3n) is 0.339. The number of rotatable bonds is 1. The van der Waals surface area contributed by atoms with Crippen LogP contribution in [0.5, 0.6) is 0 Å². The Kier molecular flexibility index (Phi) is 7.26. The molecule has 0 aliphatic heterocycles. The van der Waals surface area contributed by atoms with Gasteiger partial charge in [0.1, 0.15) is 5.47 Å². The van der Waals surface area contributed by atoms with Crippen molar-refractivity contribution >= 4 is 29.5 Å². The van der Waals surface area contributed by atoms with Crippen LogP contribution in [0.1, 0.15) is 0 Å². The standard InChI is InChI=1S/C2H7OPS2.Zn/c1-3-4(2,5)6;/h1-2H3,(H,5,6);. The van der Waals surface area contributed by atoms with E-state index in [1.54, 1.807) is 7.11 Å². The summed E-state index contributed by atoms with van der Waals surface area (Å²) in [5.41, 5.74) is -1.62. The second-order valence-corrected chi connectivity index (χ2v) is 8.15. The minimum absolute atomic E-state index is 0. The SMILES string of the molecule is COP(C)(=S)S.[Zn]. The largest absolute Gasteiger partial charge is 0.345 e. The van der Waals surface area contributed by atoms with Gasteiger partial charge in [-0.25, -0.2) is 0 Å². The molecule has 0 spiro atoms. The molecule has 0 amide bonds. The summed E-state index contributed by atoms with van der Waals surface area (Å²) in [5, 5.41) is 0. The molecule has 1 unspecified atom stereocenters. The maximum absolute atomic E-state index is 4.74. The van der Waals surface area contributed by atoms with E-state index in [-0.39, 0.29) is 19.5 Å². The molecule has 7 heavy (non-hydrogen) atoms. The molecule has 0 heterocycles. The van der Waals surface area contributed by atoms with Gasteiger partial charge >= 0.3 is 0 Å². The molecule has 0 saturated heterocycles. The van der Waals surface area contributed by atoms with E-state index in [4.69, 9.17) is 16.3 Å². The van der Waals surface area contributed by atoms with E-state index in [0.717, 1.165) is 0 Å². The van der Waals surface area contributed by atoms with Crippen LogP contribution in [-0.2, 0) is 35.8 Å². The summed E-state index contributed by atoms with van der Waals surface area (Å²) in [5.74, 6) is 0. The Morgan fingerprint density at radius 1 is 1.71 bits per heavy atom. The maximum Gasteiger partial charge on any atom is 0.113 e. The summed E-state index contributed by atoms with van der Waals surface area (Å²) in [6.45, 7) is 1.81. The second kappa shape index (κ2) is 4.46. The average molecular weight is 208 g/mol. The van der Waals surface area contributed by atoms with Crippen molar-refractivity contribution in [3.8, 4) is 0 Å². The van der Waals surface area contributed by atoms with Crippen molar-refractivity contribution in [3.63, 3.8) is 0 Å². The van der Waals surface area contributed by atoms with Gasteiger partial charge in [0.15, 0.2) is 0 Å². The monoisotopic (exact) mass is 206 g/mol. The third-order valence-corrected chi connectivity index (χ3v) is 1.95. The van der Waals surface area contributed by atoms with Crippen LogP contribution in [0.4, 0.5) is 0 Å². The molecule has 0 fully saturated rings. The molecule has 5 heteroatoms. The number of thiol groups is 1. The molecule has 0 aromatic heterocycles. The molecule has 0 N–H and O–H groups in total. The van der Waals surface area contributed by atoms with Crippen LogP contribution in [0.2, 0.25) is 0 Å². The van der Waals surface area contributed by atoms with E-state index in [9.17, 15) is 0 Å². The van der Waals surface area contributed by atoms with Crippen LogP contribution in [0.25, 0.3) is 0 Å². The van der Waals surface area contributed by atoms with Gasteiger partial charge in [-0.2, -0.15) is 0 Å². The first kappa shape index (κ1) is 11.4. The molecule has 0 radical (unpaired) electrons. The quantitative estimate of drug-likeness (QED) is 0.396. The van der Waals surface area contributed by atoms with E-state index >= 15 is 0 Å². The molecule has 0 saturated carbocycles. The van der Waals surface area contributed by atoms with Crippen LogP contribution in [0.3, 0.4) is 0 Å². The zero-order valence-corrected chi connectivity index (χ0v) is 9.99.